The molecule has 0 saturated carbocycles. The summed E-state index contributed by atoms with van der Waals surface area (Å²) in [7, 11) is 0. The van der Waals surface area contributed by atoms with Crippen LogP contribution in [0.1, 0.15) is 29.3 Å². The van der Waals surface area contributed by atoms with E-state index in [1.165, 1.54) is 5.56 Å². The number of carboxylic acids is 1. The second kappa shape index (κ2) is 6.79. The second-order valence-corrected chi connectivity index (χ2v) is 5.14. The number of para-hydroxylation sites is 1. The molecule has 110 valence electrons. The molecule has 0 aliphatic carbocycles. The molecule has 0 fully saturated rings. The predicted molar refractivity (Wildman–Crippen MR) is 85.7 cm³/mol. The molecule has 0 amide bonds. The van der Waals surface area contributed by atoms with Crippen molar-refractivity contribution in [1.29, 1.82) is 0 Å². The average molecular weight is 284 g/mol. The van der Waals surface area contributed by atoms with Crippen molar-refractivity contribution in [2.45, 2.75) is 25.8 Å². The maximum atomic E-state index is 11.2. The zero-order valence-electron chi connectivity index (χ0n) is 12.0. The van der Waals surface area contributed by atoms with Crippen molar-refractivity contribution in [2.75, 3.05) is 11.1 Å². The maximum absolute atomic E-state index is 11.2. The standard InChI is InChI=1S/C17H20N2O2/c1-12(10-11-13-6-3-2-4-7-13)19-16-14(17(20)21)8-5-9-15(16)18/h2-9,12,19H,10-11,18H2,1H3,(H,20,21). The highest BCUT2D eigenvalue weighted by molar-refractivity contribution is 5.97. The fourth-order valence-corrected chi connectivity index (χ4v) is 2.26. The van der Waals surface area contributed by atoms with Gasteiger partial charge in [0.05, 0.1) is 16.9 Å². The van der Waals surface area contributed by atoms with Crippen LogP contribution in [0, 0.1) is 0 Å². The first-order valence-electron chi connectivity index (χ1n) is 7.00. The number of anilines is 2. The van der Waals surface area contributed by atoms with Crippen molar-refractivity contribution in [3.8, 4) is 0 Å². The maximum Gasteiger partial charge on any atom is 0.337 e. The summed E-state index contributed by atoms with van der Waals surface area (Å²) < 4.78 is 0. The van der Waals surface area contributed by atoms with E-state index in [0.717, 1.165) is 12.8 Å². The first kappa shape index (κ1) is 14.9. The summed E-state index contributed by atoms with van der Waals surface area (Å²) in [6.07, 6.45) is 1.83. The minimum absolute atomic E-state index is 0.132. The smallest absolute Gasteiger partial charge is 0.337 e. The van der Waals surface area contributed by atoms with Crippen molar-refractivity contribution in [3.63, 3.8) is 0 Å². The van der Waals surface area contributed by atoms with E-state index in [2.05, 4.69) is 17.4 Å². The SMILES string of the molecule is CC(CCc1ccccc1)Nc1c(N)cccc1C(=O)O. The minimum atomic E-state index is -0.972. The van der Waals surface area contributed by atoms with Crippen LogP contribution in [0.5, 0.6) is 0 Å². The molecule has 2 aromatic carbocycles. The lowest BCUT2D eigenvalue weighted by Gasteiger charge is -2.18. The first-order chi connectivity index (χ1) is 10.1. The van der Waals surface area contributed by atoms with Gasteiger partial charge in [-0.2, -0.15) is 0 Å². The molecule has 0 aromatic heterocycles. The Balaban J connectivity index is 2.03. The summed E-state index contributed by atoms with van der Waals surface area (Å²) >= 11 is 0. The fraction of sp³-hybridized carbons (Fsp3) is 0.235. The van der Waals surface area contributed by atoms with Crippen molar-refractivity contribution in [2.24, 2.45) is 0 Å². The molecule has 2 rings (SSSR count). The molecule has 4 nitrogen and oxygen atoms in total. The van der Waals surface area contributed by atoms with Crippen molar-refractivity contribution < 1.29 is 9.90 Å². The quantitative estimate of drug-likeness (QED) is 0.711. The van der Waals surface area contributed by atoms with Gasteiger partial charge >= 0.3 is 5.97 Å². The van der Waals surface area contributed by atoms with Gasteiger partial charge in [-0.1, -0.05) is 36.4 Å². The Kier molecular flexibility index (Phi) is 4.82. The lowest BCUT2D eigenvalue weighted by Crippen LogP contribution is -2.19. The molecule has 4 heteroatoms. The highest BCUT2D eigenvalue weighted by Gasteiger charge is 2.14. The van der Waals surface area contributed by atoms with Crippen LogP contribution in [0.15, 0.2) is 48.5 Å². The lowest BCUT2D eigenvalue weighted by molar-refractivity contribution is 0.0698. The van der Waals surface area contributed by atoms with Crippen LogP contribution >= 0.6 is 0 Å². The van der Waals surface area contributed by atoms with Crippen molar-refractivity contribution in [3.05, 3.63) is 59.7 Å². The number of aryl methyl sites for hydroxylation is 1. The molecule has 21 heavy (non-hydrogen) atoms. The molecule has 0 bridgehead atoms. The van der Waals surface area contributed by atoms with E-state index in [-0.39, 0.29) is 11.6 Å². The molecule has 0 radical (unpaired) electrons. The van der Waals surface area contributed by atoms with Crippen LogP contribution < -0.4 is 11.1 Å². The summed E-state index contributed by atoms with van der Waals surface area (Å²) in [5, 5.41) is 12.4. The second-order valence-electron chi connectivity index (χ2n) is 5.14. The van der Waals surface area contributed by atoms with E-state index in [1.807, 2.05) is 25.1 Å². The molecule has 0 spiro atoms. The zero-order chi connectivity index (χ0) is 15.2. The van der Waals surface area contributed by atoms with Gasteiger partial charge < -0.3 is 16.2 Å². The van der Waals surface area contributed by atoms with Gasteiger partial charge in [0.25, 0.3) is 0 Å². The third-order valence-electron chi connectivity index (χ3n) is 3.43. The van der Waals surface area contributed by atoms with E-state index in [4.69, 9.17) is 5.73 Å². The van der Waals surface area contributed by atoms with Crippen molar-refractivity contribution in [1.82, 2.24) is 0 Å². The molecular formula is C17H20N2O2. The van der Waals surface area contributed by atoms with E-state index in [0.29, 0.717) is 11.4 Å². The van der Waals surface area contributed by atoms with Gasteiger partial charge in [-0.3, -0.25) is 0 Å². The largest absolute Gasteiger partial charge is 0.478 e. The monoisotopic (exact) mass is 284 g/mol. The van der Waals surface area contributed by atoms with Gasteiger partial charge in [-0.25, -0.2) is 4.79 Å². The Hall–Kier alpha value is -2.49. The molecule has 4 N–H and O–H groups in total. The van der Waals surface area contributed by atoms with Gasteiger partial charge in [0.1, 0.15) is 0 Å². The highest BCUT2D eigenvalue weighted by atomic mass is 16.4. The van der Waals surface area contributed by atoms with E-state index >= 15 is 0 Å². The number of carboxylic acid groups (broad SMARTS) is 1. The molecule has 1 unspecified atom stereocenters. The third kappa shape index (κ3) is 3.99. The average Bonchev–Trinajstić information content (AvgIpc) is 2.48. The molecule has 0 aliphatic heterocycles. The van der Waals surface area contributed by atoms with Crippen molar-refractivity contribution >= 4 is 17.3 Å². The van der Waals surface area contributed by atoms with Gasteiger partial charge in [-0.05, 0) is 37.5 Å². The predicted octanol–water partition coefficient (Wildman–Crippen LogP) is 3.40. The van der Waals surface area contributed by atoms with Crippen LogP contribution in [0.4, 0.5) is 11.4 Å². The first-order valence-corrected chi connectivity index (χ1v) is 7.00. The Morgan fingerprint density at radius 3 is 2.57 bits per heavy atom. The summed E-state index contributed by atoms with van der Waals surface area (Å²) in [4.78, 5) is 11.2. The molecule has 0 heterocycles. The number of carbonyl (C=O) groups is 1. The summed E-state index contributed by atoms with van der Waals surface area (Å²) in [6, 6.07) is 15.3. The fourth-order valence-electron chi connectivity index (χ4n) is 2.26. The summed E-state index contributed by atoms with van der Waals surface area (Å²) in [5.41, 5.74) is 8.33. The van der Waals surface area contributed by atoms with E-state index in [9.17, 15) is 9.90 Å². The molecule has 0 saturated heterocycles. The lowest BCUT2D eigenvalue weighted by atomic mass is 10.0. The number of aromatic carboxylic acids is 1. The Morgan fingerprint density at radius 1 is 1.19 bits per heavy atom. The Morgan fingerprint density at radius 2 is 1.90 bits per heavy atom. The van der Waals surface area contributed by atoms with Crippen LogP contribution in [-0.4, -0.2) is 17.1 Å². The number of nitrogens with one attached hydrogen (secondary N) is 1. The Bertz CT molecular complexity index is 611. The van der Waals surface area contributed by atoms with Gasteiger partial charge in [0.2, 0.25) is 0 Å². The number of benzene rings is 2. The normalized spacial score (nSPS) is 11.9. The molecule has 1 atom stereocenters. The summed E-state index contributed by atoms with van der Waals surface area (Å²) in [5.74, 6) is -0.972. The van der Waals surface area contributed by atoms with Crippen LogP contribution in [-0.2, 0) is 6.42 Å². The van der Waals surface area contributed by atoms with Crippen LogP contribution in [0.2, 0.25) is 0 Å². The topological polar surface area (TPSA) is 75.3 Å². The zero-order valence-corrected chi connectivity index (χ0v) is 12.0. The molecule has 2 aromatic rings. The van der Waals surface area contributed by atoms with Gasteiger partial charge in [0, 0.05) is 6.04 Å². The van der Waals surface area contributed by atoms with E-state index in [1.54, 1.807) is 18.2 Å². The highest BCUT2D eigenvalue weighted by Crippen LogP contribution is 2.25. The number of rotatable bonds is 6. The van der Waals surface area contributed by atoms with Gasteiger partial charge in [0.15, 0.2) is 0 Å². The number of hydrogen-bond acceptors (Lipinski definition) is 3. The minimum Gasteiger partial charge on any atom is -0.478 e. The number of nitrogen functional groups attached to an aromatic ring is 1. The van der Waals surface area contributed by atoms with Crippen LogP contribution in [0.3, 0.4) is 0 Å². The summed E-state index contributed by atoms with van der Waals surface area (Å²) in [6.45, 7) is 2.03. The molecule has 0 aliphatic rings. The Labute approximate surface area is 124 Å². The number of hydrogen-bond donors (Lipinski definition) is 3. The molecular weight excluding hydrogens is 264 g/mol. The van der Waals surface area contributed by atoms with E-state index < -0.39 is 5.97 Å². The number of nitrogens with two attached hydrogens (primary N) is 1. The van der Waals surface area contributed by atoms with Gasteiger partial charge in [-0.15, -0.1) is 0 Å². The third-order valence-corrected chi connectivity index (χ3v) is 3.43. The van der Waals surface area contributed by atoms with Crippen LogP contribution in [0.25, 0.3) is 0 Å².